The highest BCUT2D eigenvalue weighted by Crippen LogP contribution is 2.36. The first-order valence-corrected chi connectivity index (χ1v) is 7.29. The number of nitrogens with zero attached hydrogens (tertiary/aromatic N) is 1. The van der Waals surface area contributed by atoms with Gasteiger partial charge < -0.3 is 19.3 Å². The van der Waals surface area contributed by atoms with Crippen LogP contribution in [0.1, 0.15) is 5.56 Å². The second-order valence-electron chi connectivity index (χ2n) is 4.93. The van der Waals surface area contributed by atoms with Gasteiger partial charge in [0.25, 0.3) is 5.91 Å². The number of ether oxygens (including phenoxy) is 3. The van der Waals surface area contributed by atoms with Gasteiger partial charge in [-0.1, -0.05) is 0 Å². The molecule has 0 aliphatic heterocycles. The number of amides is 1. The zero-order valence-corrected chi connectivity index (χ0v) is 14.0. The van der Waals surface area contributed by atoms with Crippen LogP contribution in [0.5, 0.6) is 23.0 Å². The SMILES string of the molecule is COc1cc(/C=N/NC(=O)COc2ccc(F)cc2F)cc(OC)c1O. The van der Waals surface area contributed by atoms with Gasteiger partial charge in [-0.25, -0.2) is 14.2 Å². The summed E-state index contributed by atoms with van der Waals surface area (Å²) in [5.41, 5.74) is 2.67. The van der Waals surface area contributed by atoms with Crippen molar-refractivity contribution >= 4 is 12.1 Å². The number of aromatic hydroxyl groups is 1. The minimum atomic E-state index is -0.912. The summed E-state index contributed by atoms with van der Waals surface area (Å²) in [6.45, 7) is -0.512. The lowest BCUT2D eigenvalue weighted by Crippen LogP contribution is -2.24. The molecule has 26 heavy (non-hydrogen) atoms. The number of hydrazone groups is 1. The van der Waals surface area contributed by atoms with Crippen molar-refractivity contribution in [2.45, 2.75) is 0 Å². The third kappa shape index (κ3) is 4.82. The van der Waals surface area contributed by atoms with Gasteiger partial charge in [0.05, 0.1) is 20.4 Å². The summed E-state index contributed by atoms with van der Waals surface area (Å²) in [5, 5.41) is 13.5. The topological polar surface area (TPSA) is 89.4 Å². The molecule has 0 bridgehead atoms. The van der Waals surface area contributed by atoms with Crippen LogP contribution in [0.4, 0.5) is 8.78 Å². The number of halogens is 2. The summed E-state index contributed by atoms with van der Waals surface area (Å²) in [5.74, 6) is -2.38. The zero-order valence-electron chi connectivity index (χ0n) is 14.0. The van der Waals surface area contributed by atoms with E-state index in [2.05, 4.69) is 10.5 Å². The van der Waals surface area contributed by atoms with E-state index >= 15 is 0 Å². The second-order valence-corrected chi connectivity index (χ2v) is 4.93. The molecular weight excluding hydrogens is 350 g/mol. The number of hydrogen-bond donors (Lipinski definition) is 2. The summed E-state index contributed by atoms with van der Waals surface area (Å²) in [4.78, 5) is 11.6. The average molecular weight is 366 g/mol. The highest BCUT2D eigenvalue weighted by Gasteiger charge is 2.10. The Kier molecular flexibility index (Phi) is 6.31. The molecule has 2 rings (SSSR count). The fraction of sp³-hybridized carbons (Fsp3) is 0.176. The summed E-state index contributed by atoms with van der Waals surface area (Å²) in [6.07, 6.45) is 1.29. The van der Waals surface area contributed by atoms with Gasteiger partial charge in [-0.05, 0) is 24.3 Å². The lowest BCUT2D eigenvalue weighted by atomic mass is 10.2. The average Bonchev–Trinajstić information content (AvgIpc) is 2.62. The molecule has 0 aromatic heterocycles. The molecule has 0 saturated carbocycles. The molecule has 7 nitrogen and oxygen atoms in total. The quantitative estimate of drug-likeness (QED) is 0.579. The molecule has 0 saturated heterocycles. The Bertz CT molecular complexity index is 802. The standard InChI is InChI=1S/C17H16F2N2O5/c1-24-14-5-10(6-15(25-2)17(14)23)8-20-21-16(22)9-26-13-4-3-11(18)7-12(13)19/h3-8,23H,9H2,1-2H3,(H,21,22)/b20-8+. The third-order valence-electron chi connectivity index (χ3n) is 3.16. The van der Waals surface area contributed by atoms with Crippen LogP contribution in [0.2, 0.25) is 0 Å². The van der Waals surface area contributed by atoms with Crippen molar-refractivity contribution in [3.8, 4) is 23.0 Å². The Morgan fingerprint density at radius 3 is 2.38 bits per heavy atom. The fourth-order valence-corrected chi connectivity index (χ4v) is 1.93. The first-order chi connectivity index (χ1) is 12.4. The van der Waals surface area contributed by atoms with Crippen molar-refractivity contribution in [3.63, 3.8) is 0 Å². The van der Waals surface area contributed by atoms with Crippen molar-refractivity contribution in [1.29, 1.82) is 0 Å². The Hall–Kier alpha value is -3.36. The molecular formula is C17H16F2N2O5. The number of methoxy groups -OCH3 is 2. The minimum absolute atomic E-state index is 0.161. The van der Waals surface area contributed by atoms with Gasteiger partial charge in [-0.2, -0.15) is 5.10 Å². The third-order valence-corrected chi connectivity index (χ3v) is 3.16. The predicted octanol–water partition coefficient (Wildman–Crippen LogP) is 2.22. The van der Waals surface area contributed by atoms with E-state index in [1.54, 1.807) is 0 Å². The number of hydrogen-bond acceptors (Lipinski definition) is 6. The zero-order chi connectivity index (χ0) is 19.1. The van der Waals surface area contributed by atoms with E-state index in [-0.39, 0.29) is 23.0 Å². The monoisotopic (exact) mass is 366 g/mol. The van der Waals surface area contributed by atoms with Crippen molar-refractivity contribution in [2.24, 2.45) is 5.10 Å². The number of phenolic OH excluding ortho intramolecular Hbond substituents is 1. The first kappa shape index (κ1) is 19.0. The lowest BCUT2D eigenvalue weighted by Gasteiger charge is -2.09. The van der Waals surface area contributed by atoms with Crippen LogP contribution >= 0.6 is 0 Å². The lowest BCUT2D eigenvalue weighted by molar-refractivity contribution is -0.123. The maximum atomic E-state index is 13.4. The van der Waals surface area contributed by atoms with Crippen LogP contribution in [0.25, 0.3) is 0 Å². The maximum Gasteiger partial charge on any atom is 0.277 e. The molecule has 0 aliphatic rings. The largest absolute Gasteiger partial charge is 0.502 e. The van der Waals surface area contributed by atoms with Crippen LogP contribution < -0.4 is 19.6 Å². The number of carbonyl (C=O) groups excluding carboxylic acids is 1. The maximum absolute atomic E-state index is 13.4. The van der Waals surface area contributed by atoms with Gasteiger partial charge in [0, 0.05) is 11.6 Å². The molecule has 0 radical (unpaired) electrons. The van der Waals surface area contributed by atoms with Crippen molar-refractivity contribution in [2.75, 3.05) is 20.8 Å². The smallest absolute Gasteiger partial charge is 0.277 e. The highest BCUT2D eigenvalue weighted by molar-refractivity contribution is 5.84. The van der Waals surface area contributed by atoms with E-state index < -0.39 is 24.1 Å². The Morgan fingerprint density at radius 1 is 1.15 bits per heavy atom. The van der Waals surface area contributed by atoms with Gasteiger partial charge in [0.1, 0.15) is 5.82 Å². The number of phenols is 1. The fourth-order valence-electron chi connectivity index (χ4n) is 1.93. The van der Waals surface area contributed by atoms with E-state index in [0.29, 0.717) is 11.6 Å². The molecule has 0 atom stereocenters. The van der Waals surface area contributed by atoms with Gasteiger partial charge in [0.2, 0.25) is 5.75 Å². The van der Waals surface area contributed by atoms with Crippen LogP contribution in [0.15, 0.2) is 35.4 Å². The molecule has 138 valence electrons. The first-order valence-electron chi connectivity index (χ1n) is 7.29. The van der Waals surface area contributed by atoms with Gasteiger partial charge in [0.15, 0.2) is 29.7 Å². The van der Waals surface area contributed by atoms with Crippen molar-refractivity contribution < 1.29 is 32.9 Å². The molecule has 0 unspecified atom stereocenters. The molecule has 2 aromatic rings. The summed E-state index contributed by atoms with van der Waals surface area (Å²) in [6, 6.07) is 5.71. The molecule has 2 N–H and O–H groups in total. The van der Waals surface area contributed by atoms with E-state index in [1.807, 2.05) is 0 Å². The van der Waals surface area contributed by atoms with Gasteiger partial charge >= 0.3 is 0 Å². The summed E-state index contributed by atoms with van der Waals surface area (Å²) >= 11 is 0. The van der Waals surface area contributed by atoms with Crippen LogP contribution in [-0.4, -0.2) is 38.1 Å². The number of rotatable bonds is 7. The Morgan fingerprint density at radius 2 is 1.81 bits per heavy atom. The molecule has 0 heterocycles. The second kappa shape index (κ2) is 8.65. The summed E-state index contributed by atoms with van der Waals surface area (Å²) < 4.78 is 41.1. The molecule has 9 heteroatoms. The molecule has 0 fully saturated rings. The predicted molar refractivity (Wildman–Crippen MR) is 88.8 cm³/mol. The molecule has 1 amide bonds. The Labute approximate surface area is 147 Å². The van der Waals surface area contributed by atoms with E-state index in [0.717, 1.165) is 12.1 Å². The van der Waals surface area contributed by atoms with Gasteiger partial charge in [-0.3, -0.25) is 4.79 Å². The van der Waals surface area contributed by atoms with Crippen molar-refractivity contribution in [1.82, 2.24) is 5.43 Å². The highest BCUT2D eigenvalue weighted by atomic mass is 19.1. The van der Waals surface area contributed by atoms with E-state index in [4.69, 9.17) is 14.2 Å². The summed E-state index contributed by atoms with van der Waals surface area (Å²) in [7, 11) is 2.76. The normalized spacial score (nSPS) is 10.6. The van der Waals surface area contributed by atoms with Crippen molar-refractivity contribution in [3.05, 3.63) is 47.5 Å². The molecule has 2 aromatic carbocycles. The molecule has 0 aliphatic carbocycles. The molecule has 0 spiro atoms. The van der Waals surface area contributed by atoms with Gasteiger partial charge in [-0.15, -0.1) is 0 Å². The van der Waals surface area contributed by atoms with E-state index in [1.165, 1.54) is 32.6 Å². The van der Waals surface area contributed by atoms with Crippen LogP contribution in [0, 0.1) is 11.6 Å². The van der Waals surface area contributed by atoms with Crippen LogP contribution in [0.3, 0.4) is 0 Å². The minimum Gasteiger partial charge on any atom is -0.502 e. The van der Waals surface area contributed by atoms with Crippen LogP contribution in [-0.2, 0) is 4.79 Å². The number of carbonyl (C=O) groups is 1. The number of benzene rings is 2. The van der Waals surface area contributed by atoms with E-state index in [9.17, 15) is 18.7 Å². The number of nitrogens with one attached hydrogen (secondary N) is 1. The Balaban J connectivity index is 1.94.